The van der Waals surface area contributed by atoms with Crippen molar-refractivity contribution in [2.45, 2.75) is 12.2 Å². The van der Waals surface area contributed by atoms with Gasteiger partial charge in [-0.1, -0.05) is 6.92 Å². The normalized spacial score (nSPS) is 11.9. The molecule has 0 radical (unpaired) electrons. The summed E-state index contributed by atoms with van der Waals surface area (Å²) in [5.41, 5.74) is -0.133. The molecule has 0 saturated carbocycles. The molecule has 2 N–H and O–H groups in total. The molecule has 1 rings (SSSR count). The number of hydrogen-bond donors (Lipinski definition) is 2. The van der Waals surface area contributed by atoms with Gasteiger partial charge in [0.05, 0.1) is 4.92 Å². The van der Waals surface area contributed by atoms with Crippen molar-refractivity contribution in [1.29, 1.82) is 0 Å². The van der Waals surface area contributed by atoms with Gasteiger partial charge in [-0.05, 0) is 18.4 Å². The van der Waals surface area contributed by atoms with Gasteiger partial charge >= 0.3 is 5.97 Å². The summed E-state index contributed by atoms with van der Waals surface area (Å²) in [5.74, 6) is -1.30. The van der Waals surface area contributed by atoms with Crippen LogP contribution in [0, 0.1) is 10.1 Å². The Morgan fingerprint density at radius 3 is 2.78 bits per heavy atom. The second kappa shape index (κ2) is 6.25. The number of carboxylic acid groups (broad SMARTS) is 1. The number of nitrogens with zero attached hydrogens (tertiary/aromatic N) is 1. The maximum Gasteiger partial charge on any atom is 0.342 e. The van der Waals surface area contributed by atoms with Gasteiger partial charge in [0.15, 0.2) is 0 Å². The number of anilines is 1. The fourth-order valence-electron chi connectivity index (χ4n) is 1.32. The van der Waals surface area contributed by atoms with Gasteiger partial charge in [-0.3, -0.25) is 10.1 Å². The molecule has 0 amide bonds. The van der Waals surface area contributed by atoms with E-state index >= 15 is 0 Å². The minimum atomic E-state index is -1.30. The second-order valence-corrected chi connectivity index (χ2v) is 5.00. The number of carbonyl (C=O) groups is 1. The first-order chi connectivity index (χ1) is 8.45. The largest absolute Gasteiger partial charge is 0.477 e. The maximum absolute atomic E-state index is 10.9. The van der Waals surface area contributed by atoms with Crippen molar-refractivity contribution in [3.63, 3.8) is 0 Å². The summed E-state index contributed by atoms with van der Waals surface area (Å²) >= 11 is 1.68. The molecule has 0 fully saturated rings. The van der Waals surface area contributed by atoms with E-state index in [1.54, 1.807) is 11.8 Å². The monoisotopic (exact) mass is 270 g/mol. The van der Waals surface area contributed by atoms with Gasteiger partial charge in [-0.15, -0.1) is 0 Å². The van der Waals surface area contributed by atoms with E-state index in [0.29, 0.717) is 17.5 Å². The molecule has 0 spiro atoms. The lowest BCUT2D eigenvalue weighted by Crippen LogP contribution is -2.13. The third-order valence-electron chi connectivity index (χ3n) is 2.42. The van der Waals surface area contributed by atoms with Crippen LogP contribution >= 0.6 is 11.8 Å². The molecule has 0 aliphatic rings. The van der Waals surface area contributed by atoms with Crippen molar-refractivity contribution in [1.82, 2.24) is 0 Å². The van der Waals surface area contributed by atoms with Crippen molar-refractivity contribution < 1.29 is 14.8 Å². The highest BCUT2D eigenvalue weighted by molar-refractivity contribution is 7.99. The van der Waals surface area contributed by atoms with Crippen molar-refractivity contribution in [2.24, 2.45) is 0 Å². The van der Waals surface area contributed by atoms with Crippen molar-refractivity contribution in [3.05, 3.63) is 33.9 Å². The van der Waals surface area contributed by atoms with Crippen molar-refractivity contribution in [3.8, 4) is 0 Å². The number of hydrogen-bond acceptors (Lipinski definition) is 5. The first-order valence-electron chi connectivity index (χ1n) is 5.24. The molecule has 1 atom stereocenters. The van der Waals surface area contributed by atoms with E-state index in [2.05, 4.69) is 5.32 Å². The number of benzene rings is 1. The predicted molar refractivity (Wildman–Crippen MR) is 71.5 cm³/mol. The number of nitro benzene ring substituents is 1. The molecule has 98 valence electrons. The van der Waals surface area contributed by atoms with E-state index in [4.69, 9.17) is 5.11 Å². The van der Waals surface area contributed by atoms with Crippen LogP contribution in [-0.4, -0.2) is 34.0 Å². The first-order valence-corrected chi connectivity index (χ1v) is 6.53. The van der Waals surface area contributed by atoms with Crippen LogP contribution in [0.5, 0.6) is 0 Å². The summed E-state index contributed by atoms with van der Waals surface area (Å²) in [5, 5.41) is 23.0. The fourth-order valence-corrected chi connectivity index (χ4v) is 1.57. The van der Waals surface area contributed by atoms with Crippen LogP contribution in [0.2, 0.25) is 0 Å². The molecule has 1 aromatic carbocycles. The van der Waals surface area contributed by atoms with Crippen LogP contribution in [0.25, 0.3) is 0 Å². The van der Waals surface area contributed by atoms with Gasteiger partial charge in [0.1, 0.15) is 5.56 Å². The molecular weight excluding hydrogens is 256 g/mol. The van der Waals surface area contributed by atoms with E-state index in [-0.39, 0.29) is 5.56 Å². The molecular formula is C11H14N2O4S. The minimum absolute atomic E-state index is 0.304. The zero-order valence-corrected chi connectivity index (χ0v) is 10.9. The highest BCUT2D eigenvalue weighted by atomic mass is 32.2. The quantitative estimate of drug-likeness (QED) is 0.609. The third kappa shape index (κ3) is 3.63. The molecule has 7 heteroatoms. The maximum atomic E-state index is 10.9. The van der Waals surface area contributed by atoms with E-state index in [0.717, 1.165) is 0 Å². The van der Waals surface area contributed by atoms with Gasteiger partial charge in [0, 0.05) is 23.5 Å². The van der Waals surface area contributed by atoms with Crippen molar-refractivity contribution >= 4 is 29.1 Å². The lowest BCUT2D eigenvalue weighted by molar-refractivity contribution is -0.385. The summed E-state index contributed by atoms with van der Waals surface area (Å²) in [7, 11) is 0. The Morgan fingerprint density at radius 1 is 1.61 bits per heavy atom. The summed E-state index contributed by atoms with van der Waals surface area (Å²) in [6.45, 7) is 2.69. The van der Waals surface area contributed by atoms with Crippen LogP contribution in [-0.2, 0) is 0 Å². The van der Waals surface area contributed by atoms with Crippen LogP contribution in [0.3, 0.4) is 0 Å². The van der Waals surface area contributed by atoms with Crippen LogP contribution in [0.15, 0.2) is 18.2 Å². The molecule has 1 unspecified atom stereocenters. The third-order valence-corrected chi connectivity index (χ3v) is 3.39. The Balaban J connectivity index is 2.93. The minimum Gasteiger partial charge on any atom is -0.477 e. The molecule has 0 saturated heterocycles. The molecule has 0 bridgehead atoms. The summed E-state index contributed by atoms with van der Waals surface area (Å²) in [6, 6.07) is 4.00. The molecule has 1 aromatic rings. The van der Waals surface area contributed by atoms with Gasteiger partial charge in [0.2, 0.25) is 0 Å². The zero-order valence-electron chi connectivity index (χ0n) is 10.0. The van der Waals surface area contributed by atoms with Crippen LogP contribution in [0.1, 0.15) is 17.3 Å². The van der Waals surface area contributed by atoms with E-state index < -0.39 is 16.6 Å². The molecule has 18 heavy (non-hydrogen) atoms. The van der Waals surface area contributed by atoms with Gasteiger partial charge in [-0.2, -0.15) is 11.8 Å². The number of nitrogens with one attached hydrogen (secondary N) is 1. The molecule has 0 aliphatic carbocycles. The highest BCUT2D eigenvalue weighted by Gasteiger charge is 2.19. The first kappa shape index (κ1) is 14.3. The van der Waals surface area contributed by atoms with Gasteiger partial charge < -0.3 is 10.4 Å². The topological polar surface area (TPSA) is 92.5 Å². The lowest BCUT2D eigenvalue weighted by atomic mass is 10.1. The number of rotatable bonds is 6. The molecule has 0 aliphatic heterocycles. The second-order valence-electron chi connectivity index (χ2n) is 3.72. The predicted octanol–water partition coefficient (Wildman–Crippen LogP) is 2.46. The van der Waals surface area contributed by atoms with Crippen LogP contribution < -0.4 is 5.32 Å². The van der Waals surface area contributed by atoms with E-state index in [1.165, 1.54) is 18.2 Å². The zero-order chi connectivity index (χ0) is 13.7. The number of thioether (sulfide) groups is 1. The fraction of sp³-hybridized carbons (Fsp3) is 0.364. The Hall–Kier alpha value is -1.76. The van der Waals surface area contributed by atoms with Gasteiger partial charge in [-0.25, -0.2) is 4.79 Å². The number of carboxylic acids is 1. The Morgan fingerprint density at radius 2 is 2.28 bits per heavy atom. The number of aromatic carboxylic acids is 1. The standard InChI is InChI=1S/C11H14N2O4S/c1-7(18-2)6-12-8-3-4-10(13(16)17)9(5-8)11(14)15/h3-5,7,12H,6H2,1-2H3,(H,14,15). The van der Waals surface area contributed by atoms with Crippen molar-refractivity contribution in [2.75, 3.05) is 18.1 Å². The Bertz CT molecular complexity index is 464. The molecule has 0 aromatic heterocycles. The summed E-state index contributed by atoms with van der Waals surface area (Å²) in [4.78, 5) is 20.9. The lowest BCUT2D eigenvalue weighted by Gasteiger charge is -2.11. The summed E-state index contributed by atoms with van der Waals surface area (Å²) in [6.07, 6.45) is 1.98. The Kier molecular flexibility index (Phi) is 4.96. The average Bonchev–Trinajstić information content (AvgIpc) is 2.35. The molecule has 0 heterocycles. The van der Waals surface area contributed by atoms with Gasteiger partial charge in [0.25, 0.3) is 5.69 Å². The Labute approximate surface area is 109 Å². The van der Waals surface area contributed by atoms with E-state index in [1.807, 2.05) is 13.2 Å². The highest BCUT2D eigenvalue weighted by Crippen LogP contribution is 2.23. The van der Waals surface area contributed by atoms with E-state index in [9.17, 15) is 14.9 Å². The average molecular weight is 270 g/mol. The SMILES string of the molecule is CSC(C)CNc1ccc([N+](=O)[O-])c(C(=O)O)c1. The number of nitro groups is 1. The van der Waals surface area contributed by atoms with Crippen LogP contribution in [0.4, 0.5) is 11.4 Å². The summed E-state index contributed by atoms with van der Waals surface area (Å²) < 4.78 is 0. The molecule has 6 nitrogen and oxygen atoms in total. The smallest absolute Gasteiger partial charge is 0.342 e.